The molecule has 0 aromatic carbocycles. The predicted molar refractivity (Wildman–Crippen MR) is 293 cm³/mol. The summed E-state index contributed by atoms with van der Waals surface area (Å²) in [6, 6.07) is 0. The van der Waals surface area contributed by atoms with Crippen LogP contribution >= 0.6 is 0 Å². The van der Waals surface area contributed by atoms with E-state index in [9.17, 15) is 86.8 Å². The molecule has 27 heteroatoms. The van der Waals surface area contributed by atoms with Crippen LogP contribution in [0.25, 0.3) is 0 Å². The van der Waals surface area contributed by atoms with Gasteiger partial charge in [-0.1, -0.05) is 46.3 Å². The lowest BCUT2D eigenvalue weighted by atomic mass is 9.35. The van der Waals surface area contributed by atoms with Gasteiger partial charge in [0.2, 0.25) is 0 Å². The Bertz CT molecular complexity index is 2260. The summed E-state index contributed by atoms with van der Waals surface area (Å²) >= 11 is 0. The summed E-state index contributed by atoms with van der Waals surface area (Å²) < 4.78 is 60.5. The fourth-order valence-corrected chi connectivity index (χ4v) is 17.5. The highest BCUT2D eigenvalue weighted by atomic mass is 16.8. The molecule has 0 aromatic heterocycles. The normalized spacial score (nSPS) is 52.9. The maximum atomic E-state index is 12.9. The molecule has 9 fully saturated rings. The largest absolute Gasteiger partial charge is 0.394 e. The molecule has 5 heterocycles. The first-order chi connectivity index (χ1) is 40.3. The lowest BCUT2D eigenvalue weighted by Gasteiger charge is -2.71. The minimum Gasteiger partial charge on any atom is -0.394 e. The van der Waals surface area contributed by atoms with E-state index in [1.54, 1.807) is 0 Å². The molecule has 9 rings (SSSR count). The molecule has 0 spiro atoms. The number of ether oxygens (including phenoxy) is 10. The Hall–Kier alpha value is -1.34. The third-order valence-electron chi connectivity index (χ3n) is 22.6. The van der Waals surface area contributed by atoms with Gasteiger partial charge in [-0.25, -0.2) is 0 Å². The van der Waals surface area contributed by atoms with Crippen molar-refractivity contribution < 1.29 is 134 Å². The Morgan fingerprint density at radius 1 is 0.512 bits per heavy atom. The molecule has 0 amide bonds. The van der Waals surface area contributed by atoms with Gasteiger partial charge in [0.05, 0.1) is 50.8 Å². The van der Waals surface area contributed by atoms with Crippen LogP contribution < -0.4 is 0 Å². The molecule has 86 heavy (non-hydrogen) atoms. The maximum absolute atomic E-state index is 12.9. The minimum absolute atomic E-state index is 0.00480. The van der Waals surface area contributed by atoms with Gasteiger partial charge < -0.3 is 134 Å². The van der Waals surface area contributed by atoms with Crippen molar-refractivity contribution in [1.82, 2.24) is 0 Å². The van der Waals surface area contributed by atoms with Crippen molar-refractivity contribution in [2.24, 2.45) is 45.3 Å². The van der Waals surface area contributed by atoms with E-state index in [4.69, 9.17) is 47.4 Å². The summed E-state index contributed by atoms with van der Waals surface area (Å²) in [4.78, 5) is 0. The summed E-state index contributed by atoms with van der Waals surface area (Å²) in [5, 5.41) is 185. The zero-order valence-electron chi connectivity index (χ0n) is 50.5. The van der Waals surface area contributed by atoms with E-state index in [1.165, 1.54) is 0 Å². The van der Waals surface area contributed by atoms with E-state index in [1.807, 2.05) is 20.8 Å². The average molecular weight is 1240 g/mol. The predicted octanol–water partition coefficient (Wildman–Crippen LogP) is -3.74. The van der Waals surface area contributed by atoms with E-state index in [0.29, 0.717) is 38.5 Å². The maximum Gasteiger partial charge on any atom is 0.187 e. The van der Waals surface area contributed by atoms with Crippen LogP contribution in [0.3, 0.4) is 0 Å². The van der Waals surface area contributed by atoms with Crippen LogP contribution in [-0.4, -0.2) is 285 Å². The van der Waals surface area contributed by atoms with E-state index in [0.717, 1.165) is 24.8 Å². The molecule has 4 aliphatic carbocycles. The van der Waals surface area contributed by atoms with Gasteiger partial charge in [0, 0.05) is 0 Å². The molecule has 34 atom stereocenters. The average Bonchev–Trinajstić information content (AvgIpc) is 1.29. The molecule has 0 aromatic rings. The van der Waals surface area contributed by atoms with Crippen LogP contribution in [0.4, 0.5) is 0 Å². The first-order valence-corrected chi connectivity index (χ1v) is 30.8. The van der Waals surface area contributed by atoms with Crippen LogP contribution in [0.1, 0.15) is 113 Å². The number of aliphatic hydroxyl groups excluding tert-OH is 17. The second-order valence-corrected chi connectivity index (χ2v) is 28.1. The van der Waals surface area contributed by atoms with Crippen LogP contribution in [0.2, 0.25) is 0 Å². The molecule has 27 nitrogen and oxygen atoms in total. The molecule has 0 radical (unpaired) electrons. The monoisotopic (exact) mass is 1240 g/mol. The summed E-state index contributed by atoms with van der Waals surface area (Å²) in [5.74, 6) is -0.628. The zero-order chi connectivity index (χ0) is 63.1. The fourth-order valence-electron chi connectivity index (χ4n) is 17.5. The van der Waals surface area contributed by atoms with Crippen molar-refractivity contribution >= 4 is 0 Å². The highest BCUT2D eigenvalue weighted by Crippen LogP contribution is 2.76. The molecule has 17 N–H and O–H groups in total. The smallest absolute Gasteiger partial charge is 0.187 e. The van der Waals surface area contributed by atoms with Crippen molar-refractivity contribution in [2.45, 2.75) is 278 Å². The van der Waals surface area contributed by atoms with Gasteiger partial charge in [-0.3, -0.25) is 0 Å². The fraction of sp³-hybridized carbons (Fsp3) is 0.966. The quantitative estimate of drug-likeness (QED) is 0.0463. The zero-order valence-corrected chi connectivity index (χ0v) is 50.5. The first kappa shape index (κ1) is 69.0. The van der Waals surface area contributed by atoms with E-state index in [-0.39, 0.29) is 34.5 Å². The van der Waals surface area contributed by atoms with Gasteiger partial charge in [0.1, 0.15) is 116 Å². The Balaban J connectivity index is 0.913. The van der Waals surface area contributed by atoms with Crippen molar-refractivity contribution in [2.75, 3.05) is 33.0 Å². The lowest BCUT2D eigenvalue weighted by Crippen LogP contribution is -2.68. The van der Waals surface area contributed by atoms with Crippen LogP contribution in [-0.2, 0) is 47.4 Å². The third-order valence-corrected chi connectivity index (χ3v) is 22.6. The second-order valence-electron chi connectivity index (χ2n) is 28.1. The first-order valence-electron chi connectivity index (χ1n) is 30.8. The van der Waals surface area contributed by atoms with Gasteiger partial charge in [-0.05, 0) is 124 Å². The molecule has 5 aliphatic heterocycles. The van der Waals surface area contributed by atoms with Gasteiger partial charge in [0.25, 0.3) is 0 Å². The highest BCUT2D eigenvalue weighted by Gasteiger charge is 2.72. The van der Waals surface area contributed by atoms with Crippen molar-refractivity contribution in [1.29, 1.82) is 0 Å². The SMILES string of the molecule is CC(C)=CCC[C@](C)(O[C@@H]1O[C@H](CO[C@@H]2O[C@H](CO)[C@@H](O)[C@H](O[C@H]3OC[C@@H](O)[C@H](O)[C@H]3O)[C@H]2O)[C@@H](O)[C@H](O)[C@H]1O)[C@H]1CC[C@]2(C)[C@@H]1[C@H](O)CC1[C@@]3(C)CC[C@H](O[C@@H]4O[C@H](CO)[C@@H](O)[C@H](O)[C@H]4O[C@@H]4O[C@H](CO)[C@@H](O)[C@H](O)[C@H]4O)C(C)(C)[C@@H]3CC[C@]12C. The van der Waals surface area contributed by atoms with Crippen LogP contribution in [0.5, 0.6) is 0 Å². The van der Waals surface area contributed by atoms with Crippen molar-refractivity contribution in [3.63, 3.8) is 0 Å². The standard InChI is InChI=1S/C59H100O27/c1-24(2)10-9-14-59(8,86-53-46(75)42(71)39(68)31(82-53)23-78-51-47(76)48(40(69)30(21-62)79-51)84-50-44(73)36(65)27(64)22-77-50)25-11-16-58(7)35(25)26(63)18-33-56(5)15-13-34(55(3,4)32(56)12-17-57(33,58)6)83-54-49(43(72)38(67)29(20-61)81-54)85-52-45(74)41(70)37(66)28(19-60)80-52/h10,25-54,60-76H,9,11-23H2,1-8H3/t25-,26+,27+,28+,29+,30+,31+,32-,33?,34-,35-,36-,37+,38+,39+,40+,41-,42-,43-,44+,45+,46+,47+,48-,49+,50+,51+,52-,53-,54-,56-,57+,58+,59-/m0/s1. The highest BCUT2D eigenvalue weighted by molar-refractivity contribution is 5.21. The number of aliphatic hydroxyl groups is 17. The molecular formula is C59H100O27. The van der Waals surface area contributed by atoms with Gasteiger partial charge in [-0.15, -0.1) is 0 Å². The number of hydrogen-bond acceptors (Lipinski definition) is 27. The Morgan fingerprint density at radius 2 is 1.06 bits per heavy atom. The van der Waals surface area contributed by atoms with E-state index < -0.39 is 209 Å². The lowest BCUT2D eigenvalue weighted by molar-refractivity contribution is -0.378. The van der Waals surface area contributed by atoms with Gasteiger partial charge in [-0.2, -0.15) is 0 Å². The molecule has 5 saturated heterocycles. The summed E-state index contributed by atoms with van der Waals surface area (Å²) in [6.07, 6.45) is -33.0. The minimum atomic E-state index is -1.84. The van der Waals surface area contributed by atoms with Crippen molar-refractivity contribution in [3.8, 4) is 0 Å². The number of rotatable bonds is 18. The summed E-state index contributed by atoms with van der Waals surface area (Å²) in [6.45, 7) is 13.8. The summed E-state index contributed by atoms with van der Waals surface area (Å²) in [5.41, 5.74) is -1.82. The molecular weight excluding hydrogens is 1140 g/mol. The van der Waals surface area contributed by atoms with E-state index in [2.05, 4.69) is 40.7 Å². The van der Waals surface area contributed by atoms with Crippen LogP contribution in [0, 0.1) is 45.3 Å². The van der Waals surface area contributed by atoms with Gasteiger partial charge >= 0.3 is 0 Å². The molecule has 4 saturated carbocycles. The molecule has 498 valence electrons. The molecule has 9 aliphatic rings. The number of fused-ring (bicyclic) bond motifs is 5. The summed E-state index contributed by atoms with van der Waals surface area (Å²) in [7, 11) is 0. The third kappa shape index (κ3) is 12.3. The number of hydrogen-bond donors (Lipinski definition) is 17. The number of allylic oxidation sites excluding steroid dienone is 2. The van der Waals surface area contributed by atoms with Gasteiger partial charge in [0.15, 0.2) is 31.5 Å². The Kier molecular flexibility index (Phi) is 21.3. The molecule has 0 bridgehead atoms. The Morgan fingerprint density at radius 3 is 1.70 bits per heavy atom. The Labute approximate surface area is 501 Å². The topological polar surface area (TPSA) is 436 Å². The molecule has 1 unspecified atom stereocenters. The second kappa shape index (κ2) is 26.6. The van der Waals surface area contributed by atoms with Crippen molar-refractivity contribution in [3.05, 3.63) is 11.6 Å². The van der Waals surface area contributed by atoms with Crippen LogP contribution in [0.15, 0.2) is 11.6 Å². The van der Waals surface area contributed by atoms with E-state index >= 15 is 0 Å².